The molecule has 6 heteroatoms. The molecular weight excluding hydrogens is 280 g/mol. The number of benzene rings is 1. The third kappa shape index (κ3) is 2.75. The van der Waals surface area contributed by atoms with Crippen LogP contribution in [0, 0.1) is 0 Å². The number of nitrogens with one attached hydrogen (secondary N) is 1. The fourth-order valence-corrected chi connectivity index (χ4v) is 2.78. The monoisotopic (exact) mass is 296 g/mol. The molecule has 2 fully saturated rings. The standard InChI is InChI=1S/C14H17ClN2O3/c15-11-3-1-2-4-12(11)16-13(18)17-7-5-14(6-8-17)19-9-10-20-14/h1-4H,5-10H2,(H,16,18). The lowest BCUT2D eigenvalue weighted by Crippen LogP contribution is -2.48. The van der Waals surface area contributed by atoms with Gasteiger partial charge >= 0.3 is 6.03 Å². The summed E-state index contributed by atoms with van der Waals surface area (Å²) in [6.45, 7) is 2.53. The van der Waals surface area contributed by atoms with Gasteiger partial charge in [0.25, 0.3) is 0 Å². The van der Waals surface area contributed by atoms with Crippen molar-refractivity contribution in [3.8, 4) is 0 Å². The summed E-state index contributed by atoms with van der Waals surface area (Å²) in [7, 11) is 0. The molecule has 0 atom stereocenters. The Hall–Kier alpha value is -1.30. The van der Waals surface area contributed by atoms with Gasteiger partial charge in [0.05, 0.1) is 23.9 Å². The quantitative estimate of drug-likeness (QED) is 0.867. The van der Waals surface area contributed by atoms with E-state index in [-0.39, 0.29) is 6.03 Å². The van der Waals surface area contributed by atoms with Crippen molar-refractivity contribution in [2.24, 2.45) is 0 Å². The second-order valence-corrected chi connectivity index (χ2v) is 5.41. The van der Waals surface area contributed by atoms with E-state index in [1.165, 1.54) is 0 Å². The van der Waals surface area contributed by atoms with Crippen molar-refractivity contribution in [1.82, 2.24) is 4.90 Å². The number of hydrogen-bond donors (Lipinski definition) is 1. The molecule has 0 unspecified atom stereocenters. The number of para-hydroxylation sites is 1. The van der Waals surface area contributed by atoms with Gasteiger partial charge in [0.2, 0.25) is 0 Å². The van der Waals surface area contributed by atoms with E-state index in [9.17, 15) is 4.79 Å². The van der Waals surface area contributed by atoms with Gasteiger partial charge in [-0.2, -0.15) is 0 Å². The molecule has 2 heterocycles. The average Bonchev–Trinajstić information content (AvgIpc) is 2.90. The van der Waals surface area contributed by atoms with Gasteiger partial charge in [-0.25, -0.2) is 4.79 Å². The number of carbonyl (C=O) groups excluding carboxylic acids is 1. The molecule has 1 spiro atoms. The predicted octanol–water partition coefficient (Wildman–Crippen LogP) is 2.71. The molecule has 0 radical (unpaired) electrons. The number of halogens is 1. The Morgan fingerprint density at radius 3 is 2.50 bits per heavy atom. The van der Waals surface area contributed by atoms with Crippen LogP contribution in [0.1, 0.15) is 12.8 Å². The smallest absolute Gasteiger partial charge is 0.321 e. The lowest BCUT2D eigenvalue weighted by atomic mass is 10.0. The van der Waals surface area contributed by atoms with E-state index in [0.717, 1.165) is 0 Å². The number of nitrogens with zero attached hydrogens (tertiary/aromatic N) is 1. The largest absolute Gasteiger partial charge is 0.347 e. The average molecular weight is 297 g/mol. The number of ether oxygens (including phenoxy) is 2. The van der Waals surface area contributed by atoms with Gasteiger partial charge in [-0.3, -0.25) is 0 Å². The fraction of sp³-hybridized carbons (Fsp3) is 0.500. The highest BCUT2D eigenvalue weighted by Gasteiger charge is 2.40. The van der Waals surface area contributed by atoms with E-state index < -0.39 is 5.79 Å². The molecule has 2 aliphatic heterocycles. The minimum Gasteiger partial charge on any atom is -0.347 e. The lowest BCUT2D eigenvalue weighted by Gasteiger charge is -2.37. The molecule has 2 saturated heterocycles. The summed E-state index contributed by atoms with van der Waals surface area (Å²) in [6.07, 6.45) is 1.42. The molecule has 5 nitrogen and oxygen atoms in total. The van der Waals surface area contributed by atoms with Crippen molar-refractivity contribution < 1.29 is 14.3 Å². The second kappa shape index (κ2) is 5.60. The molecule has 0 saturated carbocycles. The molecule has 1 N–H and O–H groups in total. The molecular formula is C14H17ClN2O3. The van der Waals surface area contributed by atoms with Crippen LogP contribution in [0.5, 0.6) is 0 Å². The summed E-state index contributed by atoms with van der Waals surface area (Å²) in [5.74, 6) is -0.457. The van der Waals surface area contributed by atoms with Gasteiger partial charge in [0.15, 0.2) is 5.79 Å². The molecule has 1 aromatic rings. The topological polar surface area (TPSA) is 50.8 Å². The molecule has 108 valence electrons. The van der Waals surface area contributed by atoms with E-state index in [1.807, 2.05) is 12.1 Å². The second-order valence-electron chi connectivity index (χ2n) is 5.00. The van der Waals surface area contributed by atoms with Crippen LogP contribution in [0.2, 0.25) is 5.02 Å². The van der Waals surface area contributed by atoms with Crippen molar-refractivity contribution in [1.29, 1.82) is 0 Å². The Morgan fingerprint density at radius 1 is 1.20 bits per heavy atom. The molecule has 0 aromatic heterocycles. The number of carbonyl (C=O) groups is 1. The third-order valence-electron chi connectivity index (χ3n) is 3.74. The van der Waals surface area contributed by atoms with E-state index >= 15 is 0 Å². The Morgan fingerprint density at radius 2 is 1.85 bits per heavy atom. The Kier molecular flexibility index (Phi) is 3.83. The van der Waals surface area contributed by atoms with Crippen LogP contribution < -0.4 is 5.32 Å². The molecule has 1 aromatic carbocycles. The molecule has 3 rings (SSSR count). The number of piperidine rings is 1. The Bertz CT molecular complexity index is 493. The van der Waals surface area contributed by atoms with Crippen molar-refractivity contribution >= 4 is 23.3 Å². The van der Waals surface area contributed by atoms with Crippen LogP contribution in [0.15, 0.2) is 24.3 Å². The van der Waals surface area contributed by atoms with Gasteiger partial charge in [0, 0.05) is 25.9 Å². The maximum Gasteiger partial charge on any atom is 0.321 e. The van der Waals surface area contributed by atoms with Crippen molar-refractivity contribution in [3.05, 3.63) is 29.3 Å². The summed E-state index contributed by atoms with van der Waals surface area (Å²) in [5, 5.41) is 3.37. The third-order valence-corrected chi connectivity index (χ3v) is 4.07. The highest BCUT2D eigenvalue weighted by molar-refractivity contribution is 6.33. The number of urea groups is 1. The van der Waals surface area contributed by atoms with E-state index in [0.29, 0.717) is 49.9 Å². The van der Waals surface area contributed by atoms with E-state index in [1.54, 1.807) is 17.0 Å². The van der Waals surface area contributed by atoms with Crippen molar-refractivity contribution in [3.63, 3.8) is 0 Å². The van der Waals surface area contributed by atoms with Crippen LogP contribution in [-0.2, 0) is 9.47 Å². The number of likely N-dealkylation sites (tertiary alicyclic amines) is 1. The highest BCUT2D eigenvalue weighted by atomic mass is 35.5. The van der Waals surface area contributed by atoms with Gasteiger partial charge in [-0.15, -0.1) is 0 Å². The van der Waals surface area contributed by atoms with Gasteiger partial charge < -0.3 is 19.7 Å². The summed E-state index contributed by atoms with van der Waals surface area (Å²) in [5.41, 5.74) is 0.632. The van der Waals surface area contributed by atoms with Crippen LogP contribution in [0.3, 0.4) is 0 Å². The summed E-state index contributed by atoms with van der Waals surface area (Å²) < 4.78 is 11.3. The van der Waals surface area contributed by atoms with Crippen LogP contribution >= 0.6 is 11.6 Å². The van der Waals surface area contributed by atoms with Crippen molar-refractivity contribution in [2.45, 2.75) is 18.6 Å². The van der Waals surface area contributed by atoms with E-state index in [4.69, 9.17) is 21.1 Å². The minimum atomic E-state index is -0.457. The summed E-state index contributed by atoms with van der Waals surface area (Å²) >= 11 is 6.03. The maximum atomic E-state index is 12.2. The van der Waals surface area contributed by atoms with Crippen LogP contribution in [0.25, 0.3) is 0 Å². The van der Waals surface area contributed by atoms with Gasteiger partial charge in [0.1, 0.15) is 0 Å². The first kappa shape index (κ1) is 13.7. The minimum absolute atomic E-state index is 0.133. The molecule has 0 bridgehead atoms. The van der Waals surface area contributed by atoms with Gasteiger partial charge in [-0.05, 0) is 12.1 Å². The zero-order chi connectivity index (χ0) is 14.0. The first-order chi connectivity index (χ1) is 9.69. The first-order valence-electron chi connectivity index (χ1n) is 6.77. The van der Waals surface area contributed by atoms with E-state index in [2.05, 4.69) is 5.32 Å². The van der Waals surface area contributed by atoms with Gasteiger partial charge in [-0.1, -0.05) is 23.7 Å². The SMILES string of the molecule is O=C(Nc1ccccc1Cl)N1CCC2(CC1)OCCO2. The normalized spacial score (nSPS) is 21.1. The number of rotatable bonds is 1. The summed E-state index contributed by atoms with van der Waals surface area (Å²) in [4.78, 5) is 14.0. The van der Waals surface area contributed by atoms with Crippen LogP contribution in [-0.4, -0.2) is 43.0 Å². The number of amides is 2. The maximum absolute atomic E-state index is 12.2. The molecule has 2 aliphatic rings. The number of anilines is 1. The summed E-state index contributed by atoms with van der Waals surface area (Å²) in [6, 6.07) is 7.08. The zero-order valence-corrected chi connectivity index (χ0v) is 11.9. The highest BCUT2D eigenvalue weighted by Crippen LogP contribution is 2.31. The fourth-order valence-electron chi connectivity index (χ4n) is 2.59. The number of hydrogen-bond acceptors (Lipinski definition) is 3. The Balaban J connectivity index is 1.58. The molecule has 2 amide bonds. The first-order valence-corrected chi connectivity index (χ1v) is 7.15. The lowest BCUT2D eigenvalue weighted by molar-refractivity contribution is -0.181. The zero-order valence-electron chi connectivity index (χ0n) is 11.1. The van der Waals surface area contributed by atoms with Crippen molar-refractivity contribution in [2.75, 3.05) is 31.6 Å². The Labute approximate surface area is 122 Å². The molecule has 20 heavy (non-hydrogen) atoms. The molecule has 0 aliphatic carbocycles. The predicted molar refractivity (Wildman–Crippen MR) is 75.9 cm³/mol. The van der Waals surface area contributed by atoms with Crippen LogP contribution in [0.4, 0.5) is 10.5 Å².